The summed E-state index contributed by atoms with van der Waals surface area (Å²) in [5.74, 6) is 1.28. The lowest BCUT2D eigenvalue weighted by Crippen LogP contribution is -2.14. The third-order valence-electron chi connectivity index (χ3n) is 2.84. The minimum atomic E-state index is -0.105. The number of ether oxygens (including phenoxy) is 1. The van der Waals surface area contributed by atoms with Gasteiger partial charge < -0.3 is 10.1 Å². The van der Waals surface area contributed by atoms with E-state index in [4.69, 9.17) is 9.37 Å². The first-order valence-corrected chi connectivity index (χ1v) is 7.35. The average Bonchev–Trinajstić information content (AvgIpc) is 2.86. The molecule has 0 saturated heterocycles. The van der Waals surface area contributed by atoms with E-state index >= 15 is 0 Å². The summed E-state index contributed by atoms with van der Waals surface area (Å²) in [7, 11) is 0. The molecule has 6 heteroatoms. The molecule has 0 fully saturated rings. The molecule has 0 saturated carbocycles. The first kappa shape index (κ1) is 16.0. The summed E-state index contributed by atoms with van der Waals surface area (Å²) < 4.78 is 10.4. The number of aromatic nitrogens is 2. The summed E-state index contributed by atoms with van der Waals surface area (Å²) in [5.41, 5.74) is 1.31. The maximum Gasteiger partial charge on any atom is 0.225 e. The lowest BCUT2D eigenvalue weighted by atomic mass is 10.1. The second-order valence-corrected chi connectivity index (χ2v) is 5.80. The van der Waals surface area contributed by atoms with Gasteiger partial charge in [-0.15, -0.1) is 0 Å². The molecular weight excluding hydrogens is 282 g/mol. The van der Waals surface area contributed by atoms with Crippen molar-refractivity contribution in [2.75, 3.05) is 5.32 Å². The number of carbonyl (C=O) groups excluding carboxylic acids is 1. The zero-order chi connectivity index (χ0) is 16.1. The van der Waals surface area contributed by atoms with Gasteiger partial charge in [0.15, 0.2) is 5.69 Å². The van der Waals surface area contributed by atoms with Crippen molar-refractivity contribution in [3.63, 3.8) is 0 Å². The highest BCUT2D eigenvalue weighted by atomic mass is 16.6. The van der Waals surface area contributed by atoms with E-state index in [0.717, 1.165) is 11.3 Å². The predicted molar refractivity (Wildman–Crippen MR) is 83.6 cm³/mol. The Labute approximate surface area is 129 Å². The summed E-state index contributed by atoms with van der Waals surface area (Å²) in [5, 5.41) is 10.4. The normalized spacial score (nSPS) is 11.0. The highest BCUT2D eigenvalue weighted by Gasteiger charge is 2.15. The van der Waals surface area contributed by atoms with Crippen molar-refractivity contribution >= 4 is 11.7 Å². The highest BCUT2D eigenvalue weighted by molar-refractivity contribution is 5.93. The van der Waals surface area contributed by atoms with E-state index in [1.54, 1.807) is 0 Å². The van der Waals surface area contributed by atoms with Crippen molar-refractivity contribution in [3.05, 3.63) is 24.3 Å². The fourth-order valence-corrected chi connectivity index (χ4v) is 1.98. The van der Waals surface area contributed by atoms with Crippen LogP contribution in [0.2, 0.25) is 0 Å². The molecule has 22 heavy (non-hydrogen) atoms. The topological polar surface area (TPSA) is 77.3 Å². The Morgan fingerprint density at radius 1 is 1.18 bits per heavy atom. The fraction of sp³-hybridized carbons (Fsp3) is 0.438. The fourth-order valence-electron chi connectivity index (χ4n) is 1.98. The summed E-state index contributed by atoms with van der Waals surface area (Å²) in [6.45, 7) is 7.90. The Balaban J connectivity index is 2.13. The Bertz CT molecular complexity index is 618. The van der Waals surface area contributed by atoms with Crippen LogP contribution in [0.25, 0.3) is 11.3 Å². The quantitative estimate of drug-likeness (QED) is 0.883. The molecule has 0 atom stereocenters. The molecule has 0 radical (unpaired) electrons. The van der Waals surface area contributed by atoms with Crippen molar-refractivity contribution < 1.29 is 14.2 Å². The number of rotatable bonds is 6. The third kappa shape index (κ3) is 4.31. The number of carbonyl (C=O) groups is 1. The highest BCUT2D eigenvalue weighted by Crippen LogP contribution is 2.26. The molecule has 6 nitrogen and oxygen atoms in total. The van der Waals surface area contributed by atoms with Crippen LogP contribution in [0.5, 0.6) is 5.75 Å². The SMILES string of the molecule is CC(C)CC(=O)Nc1nonc1-c1ccc(OC(C)C)cc1. The molecule has 0 spiro atoms. The maximum atomic E-state index is 11.8. The van der Waals surface area contributed by atoms with Crippen molar-refractivity contribution in [1.82, 2.24) is 10.3 Å². The number of hydrogen-bond acceptors (Lipinski definition) is 5. The van der Waals surface area contributed by atoms with Crippen molar-refractivity contribution in [1.29, 1.82) is 0 Å². The maximum absolute atomic E-state index is 11.8. The van der Waals surface area contributed by atoms with Gasteiger partial charge in [0, 0.05) is 12.0 Å². The molecular formula is C16H21N3O3. The van der Waals surface area contributed by atoms with E-state index in [1.807, 2.05) is 52.0 Å². The van der Waals surface area contributed by atoms with Gasteiger partial charge in [0.05, 0.1) is 6.10 Å². The minimum absolute atomic E-state index is 0.105. The van der Waals surface area contributed by atoms with E-state index < -0.39 is 0 Å². The summed E-state index contributed by atoms with van der Waals surface area (Å²) in [4.78, 5) is 11.8. The molecule has 0 aliphatic rings. The van der Waals surface area contributed by atoms with Crippen LogP contribution in [0.4, 0.5) is 5.82 Å². The molecule has 1 amide bonds. The largest absolute Gasteiger partial charge is 0.491 e. The van der Waals surface area contributed by atoms with Gasteiger partial charge in [-0.1, -0.05) is 13.8 Å². The van der Waals surface area contributed by atoms with E-state index in [1.165, 1.54) is 0 Å². The molecule has 1 aromatic heterocycles. The van der Waals surface area contributed by atoms with Gasteiger partial charge in [-0.2, -0.15) is 0 Å². The number of nitrogens with one attached hydrogen (secondary N) is 1. The van der Waals surface area contributed by atoms with Crippen LogP contribution in [0, 0.1) is 5.92 Å². The lowest BCUT2D eigenvalue weighted by molar-refractivity contribution is -0.116. The third-order valence-corrected chi connectivity index (χ3v) is 2.84. The van der Waals surface area contributed by atoms with E-state index in [0.29, 0.717) is 17.9 Å². The van der Waals surface area contributed by atoms with Crippen LogP contribution in [-0.2, 0) is 4.79 Å². The lowest BCUT2D eigenvalue weighted by Gasteiger charge is -2.09. The molecule has 1 heterocycles. The number of anilines is 1. The van der Waals surface area contributed by atoms with E-state index in [9.17, 15) is 4.79 Å². The average molecular weight is 303 g/mol. The van der Waals surface area contributed by atoms with Crippen LogP contribution in [0.15, 0.2) is 28.9 Å². The molecule has 0 aliphatic carbocycles. The van der Waals surface area contributed by atoms with Gasteiger partial charge in [0.25, 0.3) is 0 Å². The van der Waals surface area contributed by atoms with Gasteiger partial charge in [-0.25, -0.2) is 4.63 Å². The number of nitrogens with zero attached hydrogens (tertiary/aromatic N) is 2. The summed E-state index contributed by atoms with van der Waals surface area (Å²) in [6.07, 6.45) is 0.540. The second-order valence-electron chi connectivity index (χ2n) is 5.80. The molecule has 0 unspecified atom stereocenters. The molecule has 0 bridgehead atoms. The molecule has 2 rings (SSSR count). The second kappa shape index (κ2) is 7.06. The number of benzene rings is 1. The van der Waals surface area contributed by atoms with Crippen molar-refractivity contribution in [2.24, 2.45) is 5.92 Å². The Morgan fingerprint density at radius 3 is 2.45 bits per heavy atom. The van der Waals surface area contributed by atoms with Crippen LogP contribution in [-0.4, -0.2) is 22.3 Å². The van der Waals surface area contributed by atoms with Crippen LogP contribution in [0.1, 0.15) is 34.1 Å². The summed E-state index contributed by atoms with van der Waals surface area (Å²) >= 11 is 0. The van der Waals surface area contributed by atoms with Crippen LogP contribution >= 0.6 is 0 Å². The first-order chi connectivity index (χ1) is 10.5. The first-order valence-electron chi connectivity index (χ1n) is 7.35. The molecule has 1 N–H and O–H groups in total. The van der Waals surface area contributed by atoms with Gasteiger partial charge in [0.2, 0.25) is 11.7 Å². The van der Waals surface area contributed by atoms with Crippen molar-refractivity contribution in [2.45, 2.75) is 40.2 Å². The monoisotopic (exact) mass is 303 g/mol. The standard InChI is InChI=1S/C16H21N3O3/c1-10(2)9-14(20)17-16-15(18-22-19-16)12-5-7-13(8-6-12)21-11(3)4/h5-8,10-11H,9H2,1-4H3,(H,17,19,20). The Morgan fingerprint density at radius 2 is 1.86 bits per heavy atom. The number of amides is 1. The van der Waals surface area contributed by atoms with E-state index in [2.05, 4.69) is 15.6 Å². The smallest absolute Gasteiger partial charge is 0.225 e. The Hall–Kier alpha value is -2.37. The minimum Gasteiger partial charge on any atom is -0.491 e. The number of hydrogen-bond donors (Lipinski definition) is 1. The Kier molecular flexibility index (Phi) is 5.14. The zero-order valence-electron chi connectivity index (χ0n) is 13.3. The van der Waals surface area contributed by atoms with E-state index in [-0.39, 0.29) is 17.9 Å². The van der Waals surface area contributed by atoms with Crippen LogP contribution < -0.4 is 10.1 Å². The molecule has 0 aliphatic heterocycles. The van der Waals surface area contributed by atoms with Crippen LogP contribution in [0.3, 0.4) is 0 Å². The van der Waals surface area contributed by atoms with Gasteiger partial charge >= 0.3 is 0 Å². The van der Waals surface area contributed by atoms with Crippen molar-refractivity contribution in [3.8, 4) is 17.0 Å². The summed E-state index contributed by atoms with van der Waals surface area (Å²) in [6, 6.07) is 7.41. The van der Waals surface area contributed by atoms with Gasteiger partial charge in [-0.05, 0) is 54.3 Å². The van der Waals surface area contributed by atoms with Gasteiger partial charge in [0.1, 0.15) is 5.75 Å². The molecule has 2 aromatic rings. The zero-order valence-corrected chi connectivity index (χ0v) is 13.3. The van der Waals surface area contributed by atoms with Gasteiger partial charge in [-0.3, -0.25) is 4.79 Å². The predicted octanol–water partition coefficient (Wildman–Crippen LogP) is 3.51. The molecule has 1 aromatic carbocycles. The molecule has 118 valence electrons.